The quantitative estimate of drug-likeness (QED) is 0.303. The molecule has 0 saturated heterocycles. The molecule has 0 fully saturated rings. The Labute approximate surface area is 81.4 Å². The van der Waals surface area contributed by atoms with Crippen molar-refractivity contribution in [1.29, 1.82) is 0 Å². The van der Waals surface area contributed by atoms with E-state index in [2.05, 4.69) is 10.6 Å². The minimum absolute atomic E-state index is 0.0851. The molecule has 0 rings (SSSR count). The summed E-state index contributed by atoms with van der Waals surface area (Å²) in [5.74, 6) is -0.986. The minimum Gasteiger partial charge on any atom is -0.395 e. The second-order valence-electron chi connectivity index (χ2n) is 2.28. The molecule has 0 saturated carbocycles. The first-order valence-electron chi connectivity index (χ1n) is 3.95. The van der Waals surface area contributed by atoms with E-state index in [-0.39, 0.29) is 13.2 Å². The van der Waals surface area contributed by atoms with Gasteiger partial charge in [-0.15, -0.1) is 11.6 Å². The third kappa shape index (κ3) is 6.36. The van der Waals surface area contributed by atoms with Crippen LogP contribution in [0.25, 0.3) is 0 Å². The van der Waals surface area contributed by atoms with Crippen molar-refractivity contribution < 1.29 is 14.7 Å². The molecule has 0 aliphatic heterocycles. The summed E-state index contributed by atoms with van der Waals surface area (Å²) < 4.78 is 0. The number of hydrogen-bond acceptors (Lipinski definition) is 3. The van der Waals surface area contributed by atoms with Gasteiger partial charge in [0.1, 0.15) is 0 Å². The number of halogens is 1. The number of aliphatic hydroxyl groups is 1. The van der Waals surface area contributed by atoms with Gasteiger partial charge in [-0.2, -0.15) is 0 Å². The van der Waals surface area contributed by atoms with E-state index in [0.29, 0.717) is 18.8 Å². The highest BCUT2D eigenvalue weighted by Gasteiger charge is 2.10. The Kier molecular flexibility index (Phi) is 7.33. The Bertz CT molecular complexity index is 175. The van der Waals surface area contributed by atoms with E-state index in [9.17, 15) is 9.59 Å². The monoisotopic (exact) mass is 208 g/mol. The normalized spacial score (nSPS) is 9.38. The van der Waals surface area contributed by atoms with Crippen LogP contribution in [0.4, 0.5) is 0 Å². The topological polar surface area (TPSA) is 78.4 Å². The summed E-state index contributed by atoms with van der Waals surface area (Å²) in [6.45, 7) is 0.289. The van der Waals surface area contributed by atoms with Gasteiger partial charge in [0.05, 0.1) is 6.61 Å². The number of rotatable bonds is 5. The van der Waals surface area contributed by atoms with Crippen molar-refractivity contribution in [3.63, 3.8) is 0 Å². The van der Waals surface area contributed by atoms with Gasteiger partial charge in [0.15, 0.2) is 0 Å². The largest absolute Gasteiger partial charge is 0.395 e. The molecule has 0 spiro atoms. The van der Waals surface area contributed by atoms with Crippen molar-refractivity contribution in [3.05, 3.63) is 0 Å². The summed E-state index contributed by atoms with van der Waals surface area (Å²) in [4.78, 5) is 21.7. The highest BCUT2D eigenvalue weighted by atomic mass is 35.5. The molecule has 0 unspecified atom stereocenters. The average Bonchev–Trinajstić information content (AvgIpc) is 2.14. The number of amides is 2. The summed E-state index contributed by atoms with van der Waals surface area (Å²) in [6, 6.07) is 0. The molecule has 0 aromatic rings. The van der Waals surface area contributed by atoms with Gasteiger partial charge in [-0.3, -0.25) is 9.59 Å². The van der Waals surface area contributed by atoms with Crippen LogP contribution >= 0.6 is 11.6 Å². The van der Waals surface area contributed by atoms with Crippen molar-refractivity contribution in [1.82, 2.24) is 10.6 Å². The smallest absolute Gasteiger partial charge is 0.309 e. The van der Waals surface area contributed by atoms with Gasteiger partial charge >= 0.3 is 11.8 Å². The highest BCUT2D eigenvalue weighted by molar-refractivity contribution is 6.35. The number of carbonyl (C=O) groups excluding carboxylic acids is 2. The predicted octanol–water partition coefficient (Wildman–Crippen LogP) is -1.16. The molecule has 3 N–H and O–H groups in total. The van der Waals surface area contributed by atoms with Crippen LogP contribution in [0.5, 0.6) is 0 Å². The fourth-order valence-electron chi connectivity index (χ4n) is 0.599. The van der Waals surface area contributed by atoms with Crippen LogP contribution in [0.15, 0.2) is 0 Å². The highest BCUT2D eigenvalue weighted by Crippen LogP contribution is 1.80. The standard InChI is InChI=1S/C7H13ClN2O3/c8-2-1-3-9-6(12)7(13)10-4-5-11/h11H,1-5H2,(H,9,12)(H,10,13). The Morgan fingerprint density at radius 2 is 1.69 bits per heavy atom. The van der Waals surface area contributed by atoms with Crippen LogP contribution in [0.2, 0.25) is 0 Å². The number of carbonyl (C=O) groups is 2. The maximum atomic E-state index is 10.9. The molecule has 0 aliphatic rings. The molecule has 13 heavy (non-hydrogen) atoms. The number of nitrogens with one attached hydrogen (secondary N) is 2. The first-order chi connectivity index (χ1) is 6.22. The molecule has 0 radical (unpaired) electrons. The molecule has 0 aliphatic carbocycles. The summed E-state index contributed by atoms with van der Waals surface area (Å²) in [5.41, 5.74) is 0. The molecule has 2 amide bonds. The van der Waals surface area contributed by atoms with Crippen molar-refractivity contribution in [2.24, 2.45) is 0 Å². The Morgan fingerprint density at radius 1 is 1.15 bits per heavy atom. The molecule has 5 nitrogen and oxygen atoms in total. The Balaban J connectivity index is 3.51. The van der Waals surface area contributed by atoms with E-state index in [4.69, 9.17) is 16.7 Å². The van der Waals surface area contributed by atoms with E-state index in [0.717, 1.165) is 0 Å². The molecule has 76 valence electrons. The zero-order valence-electron chi connectivity index (χ0n) is 7.18. The molecule has 6 heteroatoms. The molecule has 0 atom stereocenters. The fraction of sp³-hybridized carbons (Fsp3) is 0.714. The van der Waals surface area contributed by atoms with Crippen LogP contribution in [0.1, 0.15) is 6.42 Å². The molecule has 0 aromatic heterocycles. The zero-order chi connectivity index (χ0) is 10.1. The van der Waals surface area contributed by atoms with Crippen molar-refractivity contribution in [2.45, 2.75) is 6.42 Å². The number of hydrogen-bond donors (Lipinski definition) is 3. The molecule has 0 heterocycles. The van der Waals surface area contributed by atoms with Gasteiger partial charge in [0, 0.05) is 19.0 Å². The van der Waals surface area contributed by atoms with Crippen LogP contribution in [0, 0.1) is 0 Å². The Hall–Kier alpha value is -0.810. The first-order valence-corrected chi connectivity index (χ1v) is 4.48. The lowest BCUT2D eigenvalue weighted by molar-refractivity contribution is -0.139. The first kappa shape index (κ1) is 12.2. The van der Waals surface area contributed by atoms with Crippen LogP contribution in [-0.2, 0) is 9.59 Å². The summed E-state index contributed by atoms with van der Waals surface area (Å²) >= 11 is 5.36. The third-order valence-corrected chi connectivity index (χ3v) is 1.47. The third-order valence-electron chi connectivity index (χ3n) is 1.20. The maximum absolute atomic E-state index is 10.9. The van der Waals surface area contributed by atoms with E-state index in [1.54, 1.807) is 0 Å². The SMILES string of the molecule is O=C(NCCO)C(=O)NCCCCl. The summed E-state index contributed by atoms with van der Waals surface area (Å²) in [7, 11) is 0. The Morgan fingerprint density at radius 3 is 2.15 bits per heavy atom. The molecular formula is C7H13ClN2O3. The van der Waals surface area contributed by atoms with Gasteiger partial charge in [-0.1, -0.05) is 0 Å². The van der Waals surface area contributed by atoms with Gasteiger partial charge in [-0.05, 0) is 6.42 Å². The van der Waals surface area contributed by atoms with E-state index >= 15 is 0 Å². The van der Waals surface area contributed by atoms with E-state index < -0.39 is 11.8 Å². The lowest BCUT2D eigenvalue weighted by Crippen LogP contribution is -2.41. The van der Waals surface area contributed by atoms with Crippen LogP contribution < -0.4 is 10.6 Å². The van der Waals surface area contributed by atoms with Crippen LogP contribution in [-0.4, -0.2) is 42.5 Å². The lowest BCUT2D eigenvalue weighted by atomic mass is 10.4. The lowest BCUT2D eigenvalue weighted by Gasteiger charge is -2.03. The van der Waals surface area contributed by atoms with Gasteiger partial charge in [-0.25, -0.2) is 0 Å². The van der Waals surface area contributed by atoms with Gasteiger partial charge < -0.3 is 15.7 Å². The van der Waals surface area contributed by atoms with Crippen molar-refractivity contribution >= 4 is 23.4 Å². The number of aliphatic hydroxyl groups excluding tert-OH is 1. The van der Waals surface area contributed by atoms with Crippen LogP contribution in [0.3, 0.4) is 0 Å². The molecule has 0 bridgehead atoms. The second-order valence-corrected chi connectivity index (χ2v) is 2.66. The molecule has 0 aromatic carbocycles. The average molecular weight is 209 g/mol. The van der Waals surface area contributed by atoms with E-state index in [1.807, 2.05) is 0 Å². The number of alkyl halides is 1. The second kappa shape index (κ2) is 7.82. The minimum atomic E-state index is -0.733. The van der Waals surface area contributed by atoms with Crippen molar-refractivity contribution in [3.8, 4) is 0 Å². The predicted molar refractivity (Wildman–Crippen MR) is 48.4 cm³/mol. The summed E-state index contributed by atoms with van der Waals surface area (Å²) in [5, 5.41) is 12.9. The van der Waals surface area contributed by atoms with Crippen molar-refractivity contribution in [2.75, 3.05) is 25.6 Å². The summed E-state index contributed by atoms with van der Waals surface area (Å²) in [6.07, 6.45) is 0.626. The maximum Gasteiger partial charge on any atom is 0.309 e. The zero-order valence-corrected chi connectivity index (χ0v) is 7.93. The van der Waals surface area contributed by atoms with Gasteiger partial charge in [0.2, 0.25) is 0 Å². The fourth-order valence-corrected chi connectivity index (χ4v) is 0.732. The van der Waals surface area contributed by atoms with Gasteiger partial charge in [0.25, 0.3) is 0 Å². The van der Waals surface area contributed by atoms with E-state index in [1.165, 1.54) is 0 Å². The molecular weight excluding hydrogens is 196 g/mol.